The van der Waals surface area contributed by atoms with Crippen LogP contribution in [0.3, 0.4) is 0 Å². The lowest BCUT2D eigenvalue weighted by molar-refractivity contribution is -0.118. The largest absolute Gasteiger partial charge is 0.311 e. The van der Waals surface area contributed by atoms with E-state index in [0.717, 1.165) is 5.69 Å². The van der Waals surface area contributed by atoms with Crippen molar-refractivity contribution in [3.05, 3.63) is 58.6 Å². The predicted molar refractivity (Wildman–Crippen MR) is 94.0 cm³/mol. The zero-order valence-electron chi connectivity index (χ0n) is 12.4. The molecule has 1 saturated heterocycles. The second-order valence-corrected chi connectivity index (χ2v) is 7.89. The van der Waals surface area contributed by atoms with Gasteiger partial charge in [-0.3, -0.25) is 4.79 Å². The van der Waals surface area contributed by atoms with E-state index >= 15 is 0 Å². The molecule has 1 aliphatic rings. The van der Waals surface area contributed by atoms with Gasteiger partial charge in [0.05, 0.1) is 14.9 Å². The predicted octanol–water partition coefficient (Wildman–Crippen LogP) is 3.08. The summed E-state index contributed by atoms with van der Waals surface area (Å²) in [7, 11) is -3.86. The van der Waals surface area contributed by atoms with Crippen molar-refractivity contribution in [2.24, 2.45) is 0 Å². The molecule has 0 radical (unpaired) electrons. The summed E-state index contributed by atoms with van der Waals surface area (Å²) in [5, 5.41) is 0.408. The molecule has 0 aliphatic carbocycles. The second-order valence-electron chi connectivity index (χ2n) is 5.36. The number of rotatable bonds is 4. The Balaban J connectivity index is 1.78. The molecule has 8 heteroatoms. The van der Waals surface area contributed by atoms with Crippen molar-refractivity contribution in [2.75, 3.05) is 11.4 Å². The molecule has 1 fully saturated rings. The number of para-hydroxylation sites is 1. The third-order valence-electron chi connectivity index (χ3n) is 3.77. The van der Waals surface area contributed by atoms with Crippen molar-refractivity contribution >= 4 is 44.8 Å². The Bertz CT molecular complexity index is 872. The van der Waals surface area contributed by atoms with Crippen molar-refractivity contribution in [2.45, 2.75) is 17.4 Å². The highest BCUT2D eigenvalue weighted by atomic mass is 35.5. The third kappa shape index (κ3) is 3.42. The first-order valence-electron chi connectivity index (χ1n) is 7.22. The summed E-state index contributed by atoms with van der Waals surface area (Å²) in [4.78, 5) is 14.0. The van der Waals surface area contributed by atoms with E-state index in [9.17, 15) is 13.2 Å². The van der Waals surface area contributed by atoms with E-state index in [1.807, 2.05) is 30.3 Å². The number of nitrogens with one attached hydrogen (secondary N) is 1. The number of halogens is 2. The first-order valence-corrected chi connectivity index (χ1v) is 9.46. The Hall–Kier alpha value is -1.60. The Morgan fingerprint density at radius 2 is 1.75 bits per heavy atom. The van der Waals surface area contributed by atoms with Crippen LogP contribution in [0, 0.1) is 0 Å². The van der Waals surface area contributed by atoms with E-state index < -0.39 is 16.1 Å². The molecule has 2 aromatic carbocycles. The van der Waals surface area contributed by atoms with Crippen LogP contribution in [0.25, 0.3) is 0 Å². The fourth-order valence-electron chi connectivity index (χ4n) is 2.55. The van der Waals surface area contributed by atoms with Crippen molar-refractivity contribution in [3.8, 4) is 0 Å². The maximum absolute atomic E-state index is 12.5. The van der Waals surface area contributed by atoms with Crippen LogP contribution in [0.4, 0.5) is 5.69 Å². The van der Waals surface area contributed by atoms with E-state index in [4.69, 9.17) is 23.2 Å². The summed E-state index contributed by atoms with van der Waals surface area (Å²) >= 11 is 11.7. The molecule has 2 aromatic rings. The number of anilines is 1. The molecule has 5 nitrogen and oxygen atoms in total. The number of carbonyl (C=O) groups excluding carboxylic acids is 1. The molecule has 0 bridgehead atoms. The van der Waals surface area contributed by atoms with Gasteiger partial charge in [0.1, 0.15) is 6.04 Å². The number of hydrogen-bond donors (Lipinski definition) is 1. The van der Waals surface area contributed by atoms with Crippen LogP contribution in [0.2, 0.25) is 10.0 Å². The van der Waals surface area contributed by atoms with Gasteiger partial charge in [-0.1, -0.05) is 41.4 Å². The summed E-state index contributed by atoms with van der Waals surface area (Å²) in [6.45, 7) is 0.456. The lowest BCUT2D eigenvalue weighted by Gasteiger charge is -2.17. The van der Waals surface area contributed by atoms with E-state index in [1.54, 1.807) is 4.90 Å². The molecule has 0 unspecified atom stereocenters. The topological polar surface area (TPSA) is 66.5 Å². The van der Waals surface area contributed by atoms with Crippen molar-refractivity contribution < 1.29 is 13.2 Å². The quantitative estimate of drug-likeness (QED) is 0.880. The number of hydrogen-bond acceptors (Lipinski definition) is 3. The third-order valence-corrected chi connectivity index (χ3v) is 5.98. The van der Waals surface area contributed by atoms with Crippen LogP contribution in [0.1, 0.15) is 6.42 Å². The monoisotopic (exact) mass is 384 g/mol. The van der Waals surface area contributed by atoms with Crippen LogP contribution < -0.4 is 9.62 Å². The van der Waals surface area contributed by atoms with E-state index in [-0.39, 0.29) is 20.8 Å². The summed E-state index contributed by atoms with van der Waals surface area (Å²) in [6.07, 6.45) is 0.397. The van der Waals surface area contributed by atoms with Crippen LogP contribution in [0.15, 0.2) is 53.4 Å². The minimum absolute atomic E-state index is 0.0251. The first-order chi connectivity index (χ1) is 11.4. The van der Waals surface area contributed by atoms with Crippen LogP contribution >= 0.6 is 23.2 Å². The van der Waals surface area contributed by atoms with Gasteiger partial charge in [-0.2, -0.15) is 4.72 Å². The molecule has 1 heterocycles. The van der Waals surface area contributed by atoms with Crippen molar-refractivity contribution in [1.82, 2.24) is 4.72 Å². The molecule has 0 spiro atoms. The minimum atomic E-state index is -3.86. The Labute approximate surface area is 150 Å². The molecule has 24 heavy (non-hydrogen) atoms. The fourth-order valence-corrected chi connectivity index (χ4v) is 4.17. The van der Waals surface area contributed by atoms with Gasteiger partial charge in [-0.25, -0.2) is 8.42 Å². The summed E-state index contributed by atoms with van der Waals surface area (Å²) in [6, 6.07) is 12.4. The zero-order chi connectivity index (χ0) is 17.3. The number of nitrogens with zero attached hydrogens (tertiary/aromatic N) is 1. The number of benzene rings is 2. The van der Waals surface area contributed by atoms with Crippen LogP contribution in [-0.2, 0) is 14.8 Å². The van der Waals surface area contributed by atoms with Gasteiger partial charge >= 0.3 is 0 Å². The molecule has 1 atom stereocenters. The van der Waals surface area contributed by atoms with Gasteiger partial charge in [-0.15, -0.1) is 0 Å². The van der Waals surface area contributed by atoms with E-state index in [0.29, 0.717) is 13.0 Å². The Morgan fingerprint density at radius 1 is 1.04 bits per heavy atom. The first kappa shape index (κ1) is 17.2. The zero-order valence-corrected chi connectivity index (χ0v) is 14.8. The molecule has 0 saturated carbocycles. The average Bonchev–Trinajstić information content (AvgIpc) is 2.91. The number of sulfonamides is 1. The highest BCUT2D eigenvalue weighted by Gasteiger charge is 2.35. The SMILES string of the molecule is O=C1[C@H](NS(=O)(=O)c2ccc(Cl)c(Cl)c2)CCN1c1ccccc1. The van der Waals surface area contributed by atoms with Gasteiger partial charge in [0, 0.05) is 12.2 Å². The van der Waals surface area contributed by atoms with Crippen molar-refractivity contribution in [1.29, 1.82) is 0 Å². The van der Waals surface area contributed by atoms with Gasteiger partial charge in [-0.05, 0) is 36.8 Å². The van der Waals surface area contributed by atoms with Gasteiger partial charge < -0.3 is 4.90 Å². The maximum atomic E-state index is 12.5. The molecule has 1 N–H and O–H groups in total. The van der Waals surface area contributed by atoms with Gasteiger partial charge in [0.2, 0.25) is 15.9 Å². The van der Waals surface area contributed by atoms with Crippen LogP contribution in [-0.4, -0.2) is 26.9 Å². The highest BCUT2D eigenvalue weighted by molar-refractivity contribution is 7.89. The molecule has 1 amide bonds. The summed E-state index contributed by atoms with van der Waals surface area (Å²) in [5.74, 6) is -0.273. The van der Waals surface area contributed by atoms with Gasteiger partial charge in [0.15, 0.2) is 0 Å². The molecule has 1 aliphatic heterocycles. The molecule has 126 valence electrons. The van der Waals surface area contributed by atoms with Gasteiger partial charge in [0.25, 0.3) is 0 Å². The lowest BCUT2D eigenvalue weighted by Crippen LogP contribution is -2.41. The van der Waals surface area contributed by atoms with Crippen molar-refractivity contribution in [3.63, 3.8) is 0 Å². The Morgan fingerprint density at radius 3 is 2.42 bits per heavy atom. The lowest BCUT2D eigenvalue weighted by atomic mass is 10.3. The number of carbonyl (C=O) groups is 1. The van der Waals surface area contributed by atoms with E-state index in [1.165, 1.54) is 18.2 Å². The Kier molecular flexibility index (Phi) is 4.83. The molecular weight excluding hydrogens is 371 g/mol. The minimum Gasteiger partial charge on any atom is -0.311 e. The normalized spacial score (nSPS) is 18.2. The van der Waals surface area contributed by atoms with Crippen LogP contribution in [0.5, 0.6) is 0 Å². The number of amides is 1. The maximum Gasteiger partial charge on any atom is 0.245 e. The smallest absolute Gasteiger partial charge is 0.245 e. The molecule has 0 aromatic heterocycles. The fraction of sp³-hybridized carbons (Fsp3) is 0.188. The van der Waals surface area contributed by atoms with E-state index in [2.05, 4.69) is 4.72 Å². The highest BCUT2D eigenvalue weighted by Crippen LogP contribution is 2.26. The summed E-state index contributed by atoms with van der Waals surface area (Å²) < 4.78 is 27.4. The standard InChI is InChI=1S/C16H14Cl2N2O3S/c17-13-7-6-12(10-14(13)18)24(22,23)19-15-8-9-20(16(15)21)11-4-2-1-3-5-11/h1-7,10,15,19H,8-9H2/t15-/m1/s1. The molecular formula is C16H14Cl2N2O3S. The second kappa shape index (κ2) is 6.72. The molecule has 3 rings (SSSR count). The average molecular weight is 385 g/mol. The summed E-state index contributed by atoms with van der Waals surface area (Å²) in [5.41, 5.74) is 0.749.